The molecule has 0 N–H and O–H groups in total. The van der Waals surface area contributed by atoms with Crippen LogP contribution in [0.4, 0.5) is 8.78 Å². The van der Waals surface area contributed by atoms with Gasteiger partial charge in [0, 0.05) is 26.2 Å². The van der Waals surface area contributed by atoms with Crippen molar-refractivity contribution in [2.24, 2.45) is 11.8 Å². The normalized spacial score (nSPS) is 29.7. The van der Waals surface area contributed by atoms with E-state index in [-0.39, 0.29) is 18.1 Å². The minimum atomic E-state index is -0.815. The molecular formula is C21H28F2N2O2. The lowest BCUT2D eigenvalue weighted by molar-refractivity contribution is -0.145. The zero-order valence-electron chi connectivity index (χ0n) is 15.9. The van der Waals surface area contributed by atoms with E-state index < -0.39 is 11.6 Å². The molecule has 3 heterocycles. The maximum absolute atomic E-state index is 13.4. The van der Waals surface area contributed by atoms with Gasteiger partial charge < -0.3 is 9.64 Å². The van der Waals surface area contributed by atoms with Gasteiger partial charge in [0.15, 0.2) is 11.6 Å². The number of hydrogen-bond donors (Lipinski definition) is 0. The van der Waals surface area contributed by atoms with E-state index in [4.69, 9.17) is 4.74 Å². The predicted molar refractivity (Wildman–Crippen MR) is 98.0 cm³/mol. The second-order valence-electron chi connectivity index (χ2n) is 8.44. The summed E-state index contributed by atoms with van der Waals surface area (Å²) >= 11 is 0. The van der Waals surface area contributed by atoms with Crippen molar-refractivity contribution in [2.45, 2.75) is 51.4 Å². The van der Waals surface area contributed by atoms with Gasteiger partial charge in [0.1, 0.15) is 6.10 Å². The fraction of sp³-hybridized carbons (Fsp3) is 0.667. The van der Waals surface area contributed by atoms with Crippen molar-refractivity contribution >= 4 is 5.91 Å². The van der Waals surface area contributed by atoms with Crippen LogP contribution in [0.5, 0.6) is 0 Å². The Morgan fingerprint density at radius 3 is 2.67 bits per heavy atom. The number of rotatable bonds is 3. The topological polar surface area (TPSA) is 32.8 Å². The van der Waals surface area contributed by atoms with Crippen molar-refractivity contribution < 1.29 is 18.3 Å². The summed E-state index contributed by atoms with van der Waals surface area (Å²) in [6.07, 6.45) is 3.70. The maximum atomic E-state index is 13.4. The highest BCUT2D eigenvalue weighted by atomic mass is 19.2. The van der Waals surface area contributed by atoms with Crippen LogP contribution in [0.3, 0.4) is 0 Å². The summed E-state index contributed by atoms with van der Waals surface area (Å²) in [6, 6.07) is 4.07. The monoisotopic (exact) mass is 378 g/mol. The number of benzene rings is 1. The third-order valence-electron chi connectivity index (χ3n) is 6.40. The van der Waals surface area contributed by atoms with E-state index in [0.717, 1.165) is 57.4 Å². The lowest BCUT2D eigenvalue weighted by Crippen LogP contribution is -2.44. The number of fused-ring (bicyclic) bond motifs is 1. The number of amides is 1. The second kappa shape index (κ2) is 7.84. The van der Waals surface area contributed by atoms with Gasteiger partial charge >= 0.3 is 0 Å². The van der Waals surface area contributed by atoms with Crippen molar-refractivity contribution in [1.29, 1.82) is 0 Å². The highest BCUT2D eigenvalue weighted by molar-refractivity contribution is 5.81. The fourth-order valence-electron chi connectivity index (χ4n) is 4.63. The van der Waals surface area contributed by atoms with E-state index in [1.54, 1.807) is 6.07 Å². The first-order valence-electron chi connectivity index (χ1n) is 10.1. The maximum Gasteiger partial charge on any atom is 0.251 e. The van der Waals surface area contributed by atoms with E-state index in [1.807, 2.05) is 4.90 Å². The summed E-state index contributed by atoms with van der Waals surface area (Å²) in [5.74, 6) is -0.343. The lowest BCUT2D eigenvalue weighted by atomic mass is 9.91. The second-order valence-corrected chi connectivity index (χ2v) is 8.44. The van der Waals surface area contributed by atoms with E-state index >= 15 is 0 Å². The zero-order chi connectivity index (χ0) is 19.0. The summed E-state index contributed by atoms with van der Waals surface area (Å²) < 4.78 is 32.7. The van der Waals surface area contributed by atoms with Crippen molar-refractivity contribution in [1.82, 2.24) is 9.80 Å². The lowest BCUT2D eigenvalue weighted by Gasteiger charge is -2.34. The van der Waals surface area contributed by atoms with Crippen molar-refractivity contribution in [3.8, 4) is 0 Å². The molecule has 3 aliphatic heterocycles. The molecule has 6 heteroatoms. The van der Waals surface area contributed by atoms with Gasteiger partial charge in [-0.3, -0.25) is 9.69 Å². The number of nitrogens with zero attached hydrogens (tertiary/aromatic N) is 2. The first kappa shape index (κ1) is 18.8. The first-order chi connectivity index (χ1) is 13.0. The van der Waals surface area contributed by atoms with Gasteiger partial charge in [-0.25, -0.2) is 8.78 Å². The highest BCUT2D eigenvalue weighted by Crippen LogP contribution is 2.35. The molecule has 0 aliphatic carbocycles. The summed E-state index contributed by atoms with van der Waals surface area (Å²) in [7, 11) is 0. The molecule has 3 fully saturated rings. The number of hydrogen-bond acceptors (Lipinski definition) is 3. The van der Waals surface area contributed by atoms with E-state index in [1.165, 1.54) is 12.1 Å². The minimum Gasteiger partial charge on any atom is -0.364 e. The van der Waals surface area contributed by atoms with E-state index in [0.29, 0.717) is 18.4 Å². The number of likely N-dealkylation sites (tertiary alicyclic amines) is 2. The van der Waals surface area contributed by atoms with Crippen LogP contribution in [0.1, 0.15) is 38.2 Å². The average molecular weight is 378 g/mol. The van der Waals surface area contributed by atoms with Crippen LogP contribution in [-0.4, -0.2) is 54.1 Å². The van der Waals surface area contributed by atoms with Crippen LogP contribution in [0.2, 0.25) is 0 Å². The van der Waals surface area contributed by atoms with Crippen LogP contribution in [0.15, 0.2) is 18.2 Å². The van der Waals surface area contributed by atoms with Crippen LogP contribution < -0.4 is 0 Å². The standard InChI is InChI=1S/C21H28F2N2O2/c1-14-4-8-25(9-5-14)21(26)19-11-16-6-7-24(13-20(16)27-19)12-15-2-3-17(22)18(23)10-15/h2-3,10,14,16,19-20H,4-9,11-13H2,1H3/t16-,19+,20+/m0/s1. The quantitative estimate of drug-likeness (QED) is 0.810. The Balaban J connectivity index is 1.32. The Hall–Kier alpha value is -1.53. The van der Waals surface area contributed by atoms with Gasteiger partial charge in [-0.2, -0.15) is 0 Å². The number of ether oxygens (including phenoxy) is 1. The van der Waals surface area contributed by atoms with Crippen molar-refractivity contribution in [3.63, 3.8) is 0 Å². The van der Waals surface area contributed by atoms with Gasteiger partial charge in [0.2, 0.25) is 0 Å². The molecule has 0 spiro atoms. The summed E-state index contributed by atoms with van der Waals surface area (Å²) in [6.45, 7) is 6.14. The minimum absolute atomic E-state index is 0.0571. The van der Waals surface area contributed by atoms with Gasteiger partial charge in [0.05, 0.1) is 6.10 Å². The molecule has 3 saturated heterocycles. The molecule has 27 heavy (non-hydrogen) atoms. The SMILES string of the molecule is CC1CCN(C(=O)[C@H]2C[C@@H]3CCN(Cc4ccc(F)c(F)c4)C[C@H]3O2)CC1. The molecule has 1 amide bonds. The Morgan fingerprint density at radius 2 is 1.93 bits per heavy atom. The average Bonchev–Trinajstić information content (AvgIpc) is 3.08. The summed E-state index contributed by atoms with van der Waals surface area (Å²) in [5, 5.41) is 0. The Labute approximate surface area is 159 Å². The van der Waals surface area contributed by atoms with Crippen LogP contribution in [0, 0.1) is 23.5 Å². The molecule has 0 radical (unpaired) electrons. The molecule has 0 unspecified atom stereocenters. The van der Waals surface area contributed by atoms with Gasteiger partial charge in [-0.1, -0.05) is 13.0 Å². The molecule has 148 valence electrons. The molecule has 0 aromatic heterocycles. The highest BCUT2D eigenvalue weighted by Gasteiger charge is 2.43. The Morgan fingerprint density at radius 1 is 1.15 bits per heavy atom. The number of carbonyl (C=O) groups excluding carboxylic acids is 1. The van der Waals surface area contributed by atoms with E-state index in [2.05, 4.69) is 11.8 Å². The van der Waals surface area contributed by atoms with Crippen LogP contribution >= 0.6 is 0 Å². The molecule has 1 aromatic carbocycles. The first-order valence-corrected chi connectivity index (χ1v) is 10.1. The molecule has 3 aliphatic rings. The molecule has 3 atom stereocenters. The number of piperidine rings is 2. The third-order valence-corrected chi connectivity index (χ3v) is 6.40. The molecule has 4 rings (SSSR count). The Bertz CT molecular complexity index is 691. The number of halogens is 2. The molecule has 4 nitrogen and oxygen atoms in total. The van der Waals surface area contributed by atoms with Crippen molar-refractivity contribution in [3.05, 3.63) is 35.4 Å². The predicted octanol–water partition coefficient (Wildman–Crippen LogP) is 3.20. The molecule has 0 bridgehead atoms. The molecule has 0 saturated carbocycles. The smallest absolute Gasteiger partial charge is 0.251 e. The Kier molecular flexibility index (Phi) is 5.46. The summed E-state index contributed by atoms with van der Waals surface area (Å²) in [5.41, 5.74) is 0.764. The fourth-order valence-corrected chi connectivity index (χ4v) is 4.63. The van der Waals surface area contributed by atoms with Gasteiger partial charge in [0.25, 0.3) is 5.91 Å². The van der Waals surface area contributed by atoms with Gasteiger partial charge in [-0.05, 0) is 61.8 Å². The van der Waals surface area contributed by atoms with Crippen molar-refractivity contribution in [2.75, 3.05) is 26.2 Å². The van der Waals surface area contributed by atoms with Gasteiger partial charge in [-0.15, -0.1) is 0 Å². The largest absolute Gasteiger partial charge is 0.364 e. The summed E-state index contributed by atoms with van der Waals surface area (Å²) in [4.78, 5) is 17.0. The number of carbonyl (C=O) groups is 1. The zero-order valence-corrected chi connectivity index (χ0v) is 15.9. The molecule has 1 aromatic rings. The molecular weight excluding hydrogens is 350 g/mol. The third kappa shape index (κ3) is 4.16. The van der Waals surface area contributed by atoms with E-state index in [9.17, 15) is 13.6 Å². The van der Waals surface area contributed by atoms with Crippen LogP contribution in [0.25, 0.3) is 0 Å². The van der Waals surface area contributed by atoms with Crippen LogP contribution in [-0.2, 0) is 16.1 Å².